The molecule has 0 heterocycles. The van der Waals surface area contributed by atoms with Gasteiger partial charge >= 0.3 is 0 Å². The van der Waals surface area contributed by atoms with E-state index in [1.165, 1.54) is 5.56 Å². The van der Waals surface area contributed by atoms with Crippen LogP contribution in [0.5, 0.6) is 0 Å². The van der Waals surface area contributed by atoms with Gasteiger partial charge in [0.15, 0.2) is 0 Å². The van der Waals surface area contributed by atoms with Crippen molar-refractivity contribution in [3.63, 3.8) is 0 Å². The van der Waals surface area contributed by atoms with Crippen molar-refractivity contribution < 1.29 is 4.79 Å². The van der Waals surface area contributed by atoms with E-state index in [1.807, 2.05) is 0 Å². The first-order chi connectivity index (χ1) is 12.5. The summed E-state index contributed by atoms with van der Waals surface area (Å²) < 4.78 is 0. The Labute approximate surface area is 161 Å². The van der Waals surface area contributed by atoms with Crippen LogP contribution in [0.3, 0.4) is 0 Å². The fourth-order valence-electron chi connectivity index (χ4n) is 3.60. The zero-order valence-corrected chi connectivity index (χ0v) is 17.6. The lowest BCUT2D eigenvalue weighted by atomic mass is 9.74. The molecule has 0 bridgehead atoms. The summed E-state index contributed by atoms with van der Waals surface area (Å²) in [6.45, 7) is 17.6. The molecule has 4 nitrogen and oxygen atoms in total. The standard InChI is InChI=1S/C22H39N3O/c1-6-24(7-2)17-15-22(19-23-20(5)26,16-18-25(8-3)9-4)21-13-11-10-12-14-21/h10-14H,6-9,15-19H2,1-5H3,(H,23,26). The molecule has 26 heavy (non-hydrogen) atoms. The van der Waals surface area contributed by atoms with Gasteiger partial charge in [-0.1, -0.05) is 58.0 Å². The quantitative estimate of drug-likeness (QED) is 0.584. The van der Waals surface area contributed by atoms with Crippen LogP contribution in [-0.2, 0) is 10.2 Å². The molecule has 1 N–H and O–H groups in total. The molecule has 0 aliphatic carbocycles. The van der Waals surface area contributed by atoms with Crippen molar-refractivity contribution in [2.24, 2.45) is 0 Å². The van der Waals surface area contributed by atoms with Crippen LogP contribution in [0.2, 0.25) is 0 Å². The third-order valence-corrected chi connectivity index (χ3v) is 5.66. The van der Waals surface area contributed by atoms with Gasteiger partial charge in [-0.3, -0.25) is 4.79 Å². The molecule has 0 spiro atoms. The minimum atomic E-state index is -0.0297. The smallest absolute Gasteiger partial charge is 0.216 e. The Morgan fingerprint density at radius 3 is 1.73 bits per heavy atom. The molecule has 0 fully saturated rings. The number of hydrogen-bond donors (Lipinski definition) is 1. The van der Waals surface area contributed by atoms with Crippen molar-refractivity contribution in [1.29, 1.82) is 0 Å². The molecule has 1 aromatic rings. The fraction of sp³-hybridized carbons (Fsp3) is 0.682. The Hall–Kier alpha value is -1.39. The third-order valence-electron chi connectivity index (χ3n) is 5.66. The second-order valence-corrected chi connectivity index (χ2v) is 7.11. The maximum absolute atomic E-state index is 11.7. The van der Waals surface area contributed by atoms with Gasteiger partial charge in [-0.15, -0.1) is 0 Å². The van der Waals surface area contributed by atoms with Crippen LogP contribution in [0.25, 0.3) is 0 Å². The first kappa shape index (κ1) is 22.7. The molecule has 1 amide bonds. The minimum absolute atomic E-state index is 0.0297. The molecule has 4 heteroatoms. The Kier molecular flexibility index (Phi) is 10.5. The molecule has 0 aromatic heterocycles. The van der Waals surface area contributed by atoms with Crippen LogP contribution in [0, 0.1) is 0 Å². The zero-order chi connectivity index (χ0) is 19.4. The van der Waals surface area contributed by atoms with E-state index in [0.717, 1.165) is 52.1 Å². The van der Waals surface area contributed by atoms with E-state index in [0.29, 0.717) is 6.54 Å². The third kappa shape index (κ3) is 7.08. The van der Waals surface area contributed by atoms with Crippen molar-refractivity contribution in [3.8, 4) is 0 Å². The average molecular weight is 362 g/mol. The van der Waals surface area contributed by atoms with E-state index in [2.05, 4.69) is 73.1 Å². The van der Waals surface area contributed by atoms with Gasteiger partial charge < -0.3 is 15.1 Å². The Morgan fingerprint density at radius 2 is 1.35 bits per heavy atom. The maximum atomic E-state index is 11.7. The number of carbonyl (C=O) groups is 1. The maximum Gasteiger partial charge on any atom is 0.216 e. The zero-order valence-electron chi connectivity index (χ0n) is 17.6. The normalized spacial score (nSPS) is 12.0. The number of amides is 1. The van der Waals surface area contributed by atoms with E-state index in [4.69, 9.17) is 0 Å². The largest absolute Gasteiger partial charge is 0.355 e. The van der Waals surface area contributed by atoms with Crippen molar-refractivity contribution in [2.45, 2.75) is 52.9 Å². The number of nitrogens with zero attached hydrogens (tertiary/aromatic N) is 2. The second-order valence-electron chi connectivity index (χ2n) is 7.11. The summed E-state index contributed by atoms with van der Waals surface area (Å²) in [4.78, 5) is 16.6. The van der Waals surface area contributed by atoms with Crippen LogP contribution in [0.4, 0.5) is 0 Å². The van der Waals surface area contributed by atoms with Gasteiger partial charge in [-0.25, -0.2) is 0 Å². The summed E-state index contributed by atoms with van der Waals surface area (Å²) in [6.07, 6.45) is 2.11. The van der Waals surface area contributed by atoms with E-state index in [-0.39, 0.29) is 11.3 Å². The highest BCUT2D eigenvalue weighted by molar-refractivity contribution is 5.73. The first-order valence-electron chi connectivity index (χ1n) is 10.3. The predicted molar refractivity (Wildman–Crippen MR) is 112 cm³/mol. The molecule has 0 saturated carbocycles. The van der Waals surface area contributed by atoms with Crippen LogP contribution in [0.15, 0.2) is 30.3 Å². The monoisotopic (exact) mass is 361 g/mol. The lowest BCUT2D eigenvalue weighted by Crippen LogP contribution is -2.45. The predicted octanol–water partition coefficient (Wildman–Crippen LogP) is 3.52. The highest BCUT2D eigenvalue weighted by Crippen LogP contribution is 2.32. The van der Waals surface area contributed by atoms with Gasteiger partial charge in [0.05, 0.1) is 0 Å². The van der Waals surface area contributed by atoms with Crippen LogP contribution in [0.1, 0.15) is 53.0 Å². The molecular weight excluding hydrogens is 322 g/mol. The van der Waals surface area contributed by atoms with Crippen molar-refractivity contribution in [3.05, 3.63) is 35.9 Å². The molecule has 0 aliphatic rings. The second kappa shape index (κ2) is 12.1. The van der Waals surface area contributed by atoms with E-state index >= 15 is 0 Å². The highest BCUT2D eigenvalue weighted by atomic mass is 16.1. The lowest BCUT2D eigenvalue weighted by molar-refractivity contribution is -0.119. The van der Waals surface area contributed by atoms with Crippen LogP contribution < -0.4 is 5.32 Å². The molecule has 0 unspecified atom stereocenters. The first-order valence-corrected chi connectivity index (χ1v) is 10.3. The van der Waals surface area contributed by atoms with Gasteiger partial charge in [-0.2, -0.15) is 0 Å². The average Bonchev–Trinajstić information content (AvgIpc) is 2.67. The highest BCUT2D eigenvalue weighted by Gasteiger charge is 2.32. The van der Waals surface area contributed by atoms with E-state index in [1.54, 1.807) is 6.92 Å². The van der Waals surface area contributed by atoms with Crippen molar-refractivity contribution in [2.75, 3.05) is 45.8 Å². The number of nitrogens with one attached hydrogen (secondary N) is 1. The summed E-state index contributed by atoms with van der Waals surface area (Å²) in [5.41, 5.74) is 1.31. The summed E-state index contributed by atoms with van der Waals surface area (Å²) in [7, 11) is 0. The van der Waals surface area contributed by atoms with Gasteiger partial charge in [0.25, 0.3) is 0 Å². The summed E-state index contributed by atoms with van der Waals surface area (Å²) in [6, 6.07) is 10.8. The molecule has 0 saturated heterocycles. The number of carbonyl (C=O) groups excluding carboxylic acids is 1. The summed E-state index contributed by atoms with van der Waals surface area (Å²) in [5, 5.41) is 3.13. The Bertz CT molecular complexity index is 479. The van der Waals surface area contributed by atoms with Crippen molar-refractivity contribution >= 4 is 5.91 Å². The number of benzene rings is 1. The number of hydrogen-bond acceptors (Lipinski definition) is 3. The van der Waals surface area contributed by atoms with Crippen molar-refractivity contribution in [1.82, 2.24) is 15.1 Å². The molecule has 0 radical (unpaired) electrons. The summed E-state index contributed by atoms with van der Waals surface area (Å²) in [5.74, 6) is 0.0518. The Morgan fingerprint density at radius 1 is 0.885 bits per heavy atom. The lowest BCUT2D eigenvalue weighted by Gasteiger charge is -2.38. The molecule has 1 aromatic carbocycles. The minimum Gasteiger partial charge on any atom is -0.355 e. The molecule has 148 valence electrons. The fourth-order valence-corrected chi connectivity index (χ4v) is 3.60. The Balaban J connectivity index is 3.11. The molecule has 0 aliphatic heterocycles. The molecule has 0 atom stereocenters. The van der Waals surface area contributed by atoms with Crippen LogP contribution in [-0.4, -0.2) is 61.5 Å². The molecule has 1 rings (SSSR count). The van der Waals surface area contributed by atoms with Gasteiger partial charge in [0.1, 0.15) is 0 Å². The topological polar surface area (TPSA) is 35.6 Å². The number of rotatable bonds is 13. The van der Waals surface area contributed by atoms with E-state index < -0.39 is 0 Å². The van der Waals surface area contributed by atoms with Gasteiger partial charge in [0, 0.05) is 18.9 Å². The SMILES string of the molecule is CCN(CC)CCC(CCN(CC)CC)(CNC(C)=O)c1ccccc1. The van der Waals surface area contributed by atoms with Crippen LogP contribution >= 0.6 is 0 Å². The van der Waals surface area contributed by atoms with Gasteiger partial charge in [-0.05, 0) is 57.7 Å². The summed E-state index contributed by atoms with van der Waals surface area (Å²) >= 11 is 0. The van der Waals surface area contributed by atoms with E-state index in [9.17, 15) is 4.79 Å². The van der Waals surface area contributed by atoms with Gasteiger partial charge in [0.2, 0.25) is 5.91 Å². The molecular formula is C22H39N3O.